The van der Waals surface area contributed by atoms with E-state index in [2.05, 4.69) is 24.2 Å². The van der Waals surface area contributed by atoms with E-state index in [0.717, 1.165) is 19.6 Å². The Hall–Kier alpha value is -1.30. The van der Waals surface area contributed by atoms with E-state index in [0.29, 0.717) is 25.4 Å². The van der Waals surface area contributed by atoms with E-state index in [1.165, 1.54) is 0 Å². The van der Waals surface area contributed by atoms with E-state index in [1.807, 2.05) is 4.90 Å². The average Bonchev–Trinajstić information content (AvgIpc) is 2.31. The first-order valence-electron chi connectivity index (χ1n) is 6.45. The van der Waals surface area contributed by atoms with Gasteiger partial charge in [0.1, 0.15) is 0 Å². The van der Waals surface area contributed by atoms with Gasteiger partial charge in [0.25, 0.3) is 0 Å². The lowest BCUT2D eigenvalue weighted by molar-refractivity contribution is -0.137. The quantitative estimate of drug-likeness (QED) is 0.707. The highest BCUT2D eigenvalue weighted by Crippen LogP contribution is 2.06. The van der Waals surface area contributed by atoms with Gasteiger partial charge in [-0.2, -0.15) is 0 Å². The first-order valence-corrected chi connectivity index (χ1v) is 6.45. The van der Waals surface area contributed by atoms with Gasteiger partial charge in [0.05, 0.1) is 0 Å². The van der Waals surface area contributed by atoms with E-state index in [9.17, 15) is 9.59 Å². The van der Waals surface area contributed by atoms with Crippen LogP contribution >= 0.6 is 0 Å². The summed E-state index contributed by atoms with van der Waals surface area (Å²) < 4.78 is 0. The smallest absolute Gasteiger partial charge is 0.317 e. The Labute approximate surface area is 108 Å². The summed E-state index contributed by atoms with van der Waals surface area (Å²) >= 11 is 0. The summed E-state index contributed by atoms with van der Waals surface area (Å²) in [5.41, 5.74) is 0. The van der Waals surface area contributed by atoms with Crippen molar-refractivity contribution in [2.24, 2.45) is 0 Å². The summed E-state index contributed by atoms with van der Waals surface area (Å²) in [6.07, 6.45) is 1.48. The second-order valence-electron chi connectivity index (χ2n) is 4.86. The molecule has 0 bridgehead atoms. The molecule has 0 radical (unpaired) electrons. The van der Waals surface area contributed by atoms with Crippen LogP contribution in [0.25, 0.3) is 0 Å². The van der Waals surface area contributed by atoms with Crippen LogP contribution in [0.3, 0.4) is 0 Å². The molecule has 1 fully saturated rings. The predicted molar refractivity (Wildman–Crippen MR) is 68.6 cm³/mol. The van der Waals surface area contributed by atoms with Crippen LogP contribution in [0.2, 0.25) is 0 Å². The summed E-state index contributed by atoms with van der Waals surface area (Å²) in [6.45, 7) is 5.05. The Morgan fingerprint density at radius 3 is 2.67 bits per heavy atom. The number of nitrogens with zero attached hydrogens (tertiary/aromatic N) is 2. The summed E-state index contributed by atoms with van der Waals surface area (Å²) in [6, 6.07) is 0.349. The molecule has 1 saturated heterocycles. The topological polar surface area (TPSA) is 72.9 Å². The Bertz CT molecular complexity index is 296. The van der Waals surface area contributed by atoms with Crippen LogP contribution < -0.4 is 5.32 Å². The molecule has 2 N–H and O–H groups in total. The number of unbranched alkanes of at least 4 members (excludes halogenated alkanes) is 1. The molecule has 0 spiro atoms. The van der Waals surface area contributed by atoms with Crippen molar-refractivity contribution in [1.82, 2.24) is 15.1 Å². The highest BCUT2D eigenvalue weighted by Gasteiger charge is 2.23. The maximum atomic E-state index is 11.8. The van der Waals surface area contributed by atoms with Crippen molar-refractivity contribution in [2.75, 3.05) is 33.2 Å². The van der Waals surface area contributed by atoms with Crippen LogP contribution in [0.15, 0.2) is 0 Å². The Kier molecular flexibility index (Phi) is 5.91. The molecule has 104 valence electrons. The second kappa shape index (κ2) is 7.20. The summed E-state index contributed by atoms with van der Waals surface area (Å²) in [5.74, 6) is -0.783. The zero-order valence-corrected chi connectivity index (χ0v) is 11.2. The summed E-state index contributed by atoms with van der Waals surface area (Å²) in [4.78, 5) is 26.2. The van der Waals surface area contributed by atoms with Crippen molar-refractivity contribution in [1.29, 1.82) is 0 Å². The predicted octanol–water partition coefficient (Wildman–Crippen LogP) is 0.587. The number of hydrogen-bond acceptors (Lipinski definition) is 3. The van der Waals surface area contributed by atoms with Gasteiger partial charge in [0.2, 0.25) is 0 Å². The number of rotatable bonds is 5. The molecule has 1 aliphatic rings. The first-order chi connectivity index (χ1) is 8.50. The van der Waals surface area contributed by atoms with Gasteiger partial charge in [-0.25, -0.2) is 4.79 Å². The second-order valence-corrected chi connectivity index (χ2v) is 4.86. The van der Waals surface area contributed by atoms with Gasteiger partial charge in [-0.3, -0.25) is 4.79 Å². The lowest BCUT2D eigenvalue weighted by atomic mass is 10.2. The minimum atomic E-state index is -0.783. The molecule has 0 aromatic rings. The van der Waals surface area contributed by atoms with Crippen molar-refractivity contribution >= 4 is 12.0 Å². The third-order valence-electron chi connectivity index (χ3n) is 3.34. The van der Waals surface area contributed by atoms with Crippen molar-refractivity contribution in [2.45, 2.75) is 32.2 Å². The fourth-order valence-electron chi connectivity index (χ4n) is 1.94. The Morgan fingerprint density at radius 2 is 2.06 bits per heavy atom. The largest absolute Gasteiger partial charge is 0.481 e. The number of piperazine rings is 1. The Morgan fingerprint density at radius 1 is 1.33 bits per heavy atom. The number of carbonyl (C=O) groups excluding carboxylic acids is 1. The van der Waals surface area contributed by atoms with E-state index in [1.54, 1.807) is 0 Å². The zero-order valence-electron chi connectivity index (χ0n) is 11.2. The number of carbonyl (C=O) groups is 2. The molecule has 1 rings (SSSR count). The van der Waals surface area contributed by atoms with Gasteiger partial charge in [-0.15, -0.1) is 0 Å². The van der Waals surface area contributed by atoms with Crippen molar-refractivity contribution in [3.63, 3.8) is 0 Å². The number of amides is 2. The summed E-state index contributed by atoms with van der Waals surface area (Å²) in [5, 5.41) is 11.3. The monoisotopic (exact) mass is 257 g/mol. The average molecular weight is 257 g/mol. The van der Waals surface area contributed by atoms with E-state index < -0.39 is 5.97 Å². The van der Waals surface area contributed by atoms with E-state index >= 15 is 0 Å². The maximum Gasteiger partial charge on any atom is 0.317 e. The zero-order chi connectivity index (χ0) is 13.5. The molecule has 0 aliphatic carbocycles. The standard InChI is InChI=1S/C12H23N3O3/c1-10-9-15(8-7-14(10)2)12(18)13-6-4-3-5-11(16)17/h10H,3-9H2,1-2H3,(H,13,18)(H,16,17). The van der Waals surface area contributed by atoms with Crippen LogP contribution in [0.1, 0.15) is 26.2 Å². The molecule has 0 saturated carbocycles. The third-order valence-corrected chi connectivity index (χ3v) is 3.34. The highest BCUT2D eigenvalue weighted by atomic mass is 16.4. The number of urea groups is 1. The molecule has 6 nitrogen and oxygen atoms in total. The number of hydrogen-bond donors (Lipinski definition) is 2. The Balaban J connectivity index is 2.15. The van der Waals surface area contributed by atoms with Gasteiger partial charge in [-0.1, -0.05) is 0 Å². The van der Waals surface area contributed by atoms with E-state index in [4.69, 9.17) is 5.11 Å². The lowest BCUT2D eigenvalue weighted by Gasteiger charge is -2.37. The van der Waals surface area contributed by atoms with Crippen LogP contribution in [0.4, 0.5) is 4.79 Å². The van der Waals surface area contributed by atoms with Crippen LogP contribution in [-0.2, 0) is 4.79 Å². The van der Waals surface area contributed by atoms with Gasteiger partial charge >= 0.3 is 12.0 Å². The number of carboxylic acids is 1. The van der Waals surface area contributed by atoms with Gasteiger partial charge in [-0.05, 0) is 26.8 Å². The van der Waals surface area contributed by atoms with Crippen LogP contribution in [-0.4, -0.2) is 66.2 Å². The minimum Gasteiger partial charge on any atom is -0.481 e. The van der Waals surface area contributed by atoms with Crippen LogP contribution in [0, 0.1) is 0 Å². The maximum absolute atomic E-state index is 11.8. The molecule has 1 aliphatic heterocycles. The number of nitrogens with one attached hydrogen (secondary N) is 1. The molecular weight excluding hydrogens is 234 g/mol. The van der Waals surface area contributed by atoms with Crippen LogP contribution in [0.5, 0.6) is 0 Å². The van der Waals surface area contributed by atoms with Gasteiger partial charge < -0.3 is 20.2 Å². The first kappa shape index (κ1) is 14.8. The number of carboxylic acid groups (broad SMARTS) is 1. The molecule has 1 unspecified atom stereocenters. The summed E-state index contributed by atoms with van der Waals surface area (Å²) in [7, 11) is 2.06. The molecule has 0 aromatic heterocycles. The fourth-order valence-corrected chi connectivity index (χ4v) is 1.94. The highest BCUT2D eigenvalue weighted by molar-refractivity contribution is 5.74. The van der Waals surface area contributed by atoms with Gasteiger partial charge in [0.15, 0.2) is 0 Å². The van der Waals surface area contributed by atoms with E-state index in [-0.39, 0.29) is 12.5 Å². The third kappa shape index (κ3) is 4.91. The SMILES string of the molecule is CC1CN(C(=O)NCCCCC(=O)O)CCN1C. The fraction of sp³-hybridized carbons (Fsp3) is 0.833. The molecule has 0 aromatic carbocycles. The number of likely N-dealkylation sites (N-methyl/N-ethyl adjacent to an activating group) is 1. The molecule has 2 amide bonds. The normalized spacial score (nSPS) is 20.8. The molecule has 1 atom stereocenters. The van der Waals surface area contributed by atoms with Gasteiger partial charge in [0, 0.05) is 38.6 Å². The number of aliphatic carboxylic acids is 1. The molecule has 6 heteroatoms. The van der Waals surface area contributed by atoms with Crippen molar-refractivity contribution in [3.05, 3.63) is 0 Å². The molecule has 1 heterocycles. The van der Waals surface area contributed by atoms with Crippen molar-refractivity contribution < 1.29 is 14.7 Å². The minimum absolute atomic E-state index is 0.0368. The molecule has 18 heavy (non-hydrogen) atoms. The molecular formula is C12H23N3O3. The lowest BCUT2D eigenvalue weighted by Crippen LogP contribution is -2.54. The van der Waals surface area contributed by atoms with Crippen molar-refractivity contribution in [3.8, 4) is 0 Å².